The molecule has 3 heterocycles. The number of epoxide rings is 1. The molecule has 1 aromatic carbocycles. The van der Waals surface area contributed by atoms with Crippen molar-refractivity contribution in [3.8, 4) is 0 Å². The van der Waals surface area contributed by atoms with E-state index in [-0.39, 0.29) is 17.7 Å². The largest absolute Gasteiger partial charge is 0.392 e. The molecule has 0 saturated carbocycles. The molecular formula is C17H19BClN3O3. The highest BCUT2D eigenvalue weighted by atomic mass is 35.5. The third-order valence-electron chi connectivity index (χ3n) is 5.09. The SMILES string of the molecule is [B]c1cc2ncn(CC3(C[C@@H]4NCCC[C@H]4O)CO3)c(=O)c2cc1Cl. The monoisotopic (exact) mass is 359 g/mol. The lowest BCUT2D eigenvalue weighted by atomic mass is 9.92. The lowest BCUT2D eigenvalue weighted by Gasteiger charge is -2.31. The van der Waals surface area contributed by atoms with Crippen molar-refractivity contribution in [2.45, 2.75) is 43.6 Å². The van der Waals surface area contributed by atoms with E-state index in [0.29, 0.717) is 41.0 Å². The van der Waals surface area contributed by atoms with Gasteiger partial charge in [0.25, 0.3) is 5.56 Å². The van der Waals surface area contributed by atoms with E-state index in [2.05, 4.69) is 10.3 Å². The van der Waals surface area contributed by atoms with Crippen molar-refractivity contribution >= 4 is 35.8 Å². The lowest BCUT2D eigenvalue weighted by molar-refractivity contribution is 0.0754. The van der Waals surface area contributed by atoms with E-state index in [4.69, 9.17) is 24.2 Å². The lowest BCUT2D eigenvalue weighted by Crippen LogP contribution is -2.48. The second-order valence-corrected chi connectivity index (χ2v) is 7.42. The fraction of sp³-hybridized carbons (Fsp3) is 0.529. The smallest absolute Gasteiger partial charge is 0.261 e. The molecular weight excluding hydrogens is 340 g/mol. The van der Waals surface area contributed by atoms with Gasteiger partial charge in [-0.15, -0.1) is 0 Å². The van der Waals surface area contributed by atoms with Crippen molar-refractivity contribution in [3.05, 3.63) is 33.8 Å². The molecule has 4 rings (SSSR count). The Labute approximate surface area is 151 Å². The first-order valence-corrected chi connectivity index (χ1v) is 8.85. The fourth-order valence-electron chi connectivity index (χ4n) is 3.54. The minimum absolute atomic E-state index is 0.00499. The van der Waals surface area contributed by atoms with Gasteiger partial charge in [0.2, 0.25) is 0 Å². The number of piperidine rings is 1. The summed E-state index contributed by atoms with van der Waals surface area (Å²) in [4.78, 5) is 17.1. The summed E-state index contributed by atoms with van der Waals surface area (Å²) in [6, 6.07) is 3.16. The van der Waals surface area contributed by atoms with Gasteiger partial charge in [0.1, 0.15) is 13.4 Å². The number of halogens is 1. The zero-order valence-electron chi connectivity index (χ0n) is 13.7. The number of ether oxygens (including phenoxy) is 1. The van der Waals surface area contributed by atoms with Crippen molar-refractivity contribution in [3.63, 3.8) is 0 Å². The number of benzene rings is 1. The molecule has 2 aliphatic heterocycles. The minimum Gasteiger partial charge on any atom is -0.392 e. The Balaban J connectivity index is 1.59. The van der Waals surface area contributed by atoms with Crippen LogP contribution in [0.15, 0.2) is 23.3 Å². The van der Waals surface area contributed by atoms with Gasteiger partial charge >= 0.3 is 0 Å². The van der Waals surface area contributed by atoms with Crippen LogP contribution < -0.4 is 16.3 Å². The van der Waals surface area contributed by atoms with E-state index in [0.717, 1.165) is 19.4 Å². The molecule has 1 unspecified atom stereocenters. The number of fused-ring (bicyclic) bond motifs is 1. The highest BCUT2D eigenvalue weighted by molar-refractivity contribution is 6.45. The third kappa shape index (κ3) is 3.34. The van der Waals surface area contributed by atoms with E-state index in [1.165, 1.54) is 6.33 Å². The van der Waals surface area contributed by atoms with Gasteiger partial charge in [0, 0.05) is 11.1 Å². The molecule has 2 N–H and O–H groups in total. The van der Waals surface area contributed by atoms with Crippen LogP contribution in [0.2, 0.25) is 5.02 Å². The normalized spacial score (nSPS) is 29.0. The maximum Gasteiger partial charge on any atom is 0.261 e. The Morgan fingerprint density at radius 1 is 1.52 bits per heavy atom. The molecule has 0 bridgehead atoms. The molecule has 2 saturated heterocycles. The van der Waals surface area contributed by atoms with Crippen LogP contribution in [0.25, 0.3) is 10.9 Å². The maximum absolute atomic E-state index is 12.8. The second kappa shape index (κ2) is 6.39. The summed E-state index contributed by atoms with van der Waals surface area (Å²) in [6.45, 7) is 1.88. The van der Waals surface area contributed by atoms with Gasteiger partial charge in [-0.05, 0) is 37.9 Å². The van der Waals surface area contributed by atoms with Crippen LogP contribution in [-0.2, 0) is 11.3 Å². The molecule has 8 heteroatoms. The van der Waals surface area contributed by atoms with Crippen molar-refractivity contribution in [2.24, 2.45) is 0 Å². The summed E-state index contributed by atoms with van der Waals surface area (Å²) in [7, 11) is 5.77. The van der Waals surface area contributed by atoms with Gasteiger partial charge < -0.3 is 15.2 Å². The Hall–Kier alpha value is -1.41. The molecule has 1 aromatic heterocycles. The first-order chi connectivity index (χ1) is 12.0. The summed E-state index contributed by atoms with van der Waals surface area (Å²) in [6.07, 6.45) is 3.59. The number of hydrogen-bond donors (Lipinski definition) is 2. The number of nitrogens with zero attached hydrogens (tertiary/aromatic N) is 2. The van der Waals surface area contributed by atoms with Gasteiger partial charge in [0.15, 0.2) is 0 Å². The molecule has 0 amide bonds. The summed E-state index contributed by atoms with van der Waals surface area (Å²) in [5.74, 6) is 0. The fourth-order valence-corrected chi connectivity index (χ4v) is 3.70. The molecule has 2 radical (unpaired) electrons. The highest BCUT2D eigenvalue weighted by Crippen LogP contribution is 2.35. The molecule has 0 aliphatic carbocycles. The number of aliphatic hydroxyl groups is 1. The summed E-state index contributed by atoms with van der Waals surface area (Å²) in [5, 5.41) is 14.3. The Bertz CT molecular complexity index is 868. The Morgan fingerprint density at radius 3 is 3.04 bits per heavy atom. The van der Waals surface area contributed by atoms with Crippen molar-refractivity contribution < 1.29 is 9.84 Å². The van der Waals surface area contributed by atoms with E-state index < -0.39 is 5.60 Å². The van der Waals surface area contributed by atoms with Crippen LogP contribution in [0, 0.1) is 0 Å². The number of hydrogen-bond acceptors (Lipinski definition) is 5. The van der Waals surface area contributed by atoms with Crippen LogP contribution in [0.3, 0.4) is 0 Å². The molecule has 2 fully saturated rings. The topological polar surface area (TPSA) is 79.7 Å². The van der Waals surface area contributed by atoms with Gasteiger partial charge in [-0.2, -0.15) is 0 Å². The number of rotatable bonds is 4. The average molecular weight is 360 g/mol. The van der Waals surface area contributed by atoms with E-state index in [1.807, 2.05) is 0 Å². The molecule has 3 atom stereocenters. The number of nitrogens with one attached hydrogen (secondary N) is 1. The zero-order chi connectivity index (χ0) is 17.6. The van der Waals surface area contributed by atoms with Crippen LogP contribution in [0.1, 0.15) is 19.3 Å². The quantitative estimate of drug-likeness (QED) is 0.599. The van der Waals surface area contributed by atoms with Crippen molar-refractivity contribution in [2.75, 3.05) is 13.2 Å². The van der Waals surface area contributed by atoms with Crippen molar-refractivity contribution in [1.29, 1.82) is 0 Å². The molecule has 0 spiro atoms. The predicted octanol–water partition coefficient (Wildman–Crippen LogP) is 0.116. The van der Waals surface area contributed by atoms with Gasteiger partial charge in [0.05, 0.1) is 36.5 Å². The first kappa shape index (κ1) is 17.0. The third-order valence-corrected chi connectivity index (χ3v) is 5.42. The van der Waals surface area contributed by atoms with E-state index in [9.17, 15) is 9.90 Å². The zero-order valence-corrected chi connectivity index (χ0v) is 14.5. The molecule has 2 aliphatic rings. The number of aromatic nitrogens is 2. The molecule has 130 valence electrons. The van der Waals surface area contributed by atoms with Crippen LogP contribution in [-0.4, -0.2) is 53.4 Å². The van der Waals surface area contributed by atoms with Crippen molar-refractivity contribution in [1.82, 2.24) is 14.9 Å². The molecule has 2 aromatic rings. The standard InChI is InChI=1S/C17H19BClN3O3/c18-11-5-13-10(4-12(11)19)16(24)22(9-21-13)7-17(8-25-17)6-14-15(23)2-1-3-20-14/h4-5,9,14-15,20,23H,1-3,6-8H2/t14-,15+,17?/m0/s1. The van der Waals surface area contributed by atoms with E-state index >= 15 is 0 Å². The van der Waals surface area contributed by atoms with E-state index in [1.54, 1.807) is 16.7 Å². The highest BCUT2D eigenvalue weighted by Gasteiger charge is 2.48. The molecule has 25 heavy (non-hydrogen) atoms. The van der Waals surface area contributed by atoms with Gasteiger partial charge in [-0.3, -0.25) is 9.36 Å². The average Bonchev–Trinajstić information content (AvgIpc) is 3.34. The summed E-state index contributed by atoms with van der Waals surface area (Å²) in [5.41, 5.74) is 0.336. The van der Waals surface area contributed by atoms with Gasteiger partial charge in [-0.25, -0.2) is 4.98 Å². The summed E-state index contributed by atoms with van der Waals surface area (Å²) >= 11 is 6.04. The molecule has 6 nitrogen and oxygen atoms in total. The van der Waals surface area contributed by atoms with Crippen LogP contribution in [0.4, 0.5) is 0 Å². The van der Waals surface area contributed by atoms with Gasteiger partial charge in [-0.1, -0.05) is 17.1 Å². The number of aliphatic hydroxyl groups excluding tert-OH is 1. The Morgan fingerprint density at radius 2 is 2.32 bits per heavy atom. The second-order valence-electron chi connectivity index (χ2n) is 7.01. The van der Waals surface area contributed by atoms with Crippen LogP contribution in [0.5, 0.6) is 0 Å². The Kier molecular flexibility index (Phi) is 4.36. The van der Waals surface area contributed by atoms with Crippen LogP contribution >= 0.6 is 11.6 Å². The predicted molar refractivity (Wildman–Crippen MR) is 96.7 cm³/mol. The maximum atomic E-state index is 12.8. The first-order valence-electron chi connectivity index (χ1n) is 8.47. The summed E-state index contributed by atoms with van der Waals surface area (Å²) < 4.78 is 7.23. The minimum atomic E-state index is -0.424.